The van der Waals surface area contributed by atoms with E-state index in [-0.39, 0.29) is 5.92 Å². The van der Waals surface area contributed by atoms with E-state index in [1.165, 1.54) is 0 Å². The van der Waals surface area contributed by atoms with Crippen LogP contribution in [0, 0.1) is 11.3 Å². The number of hydrogen-bond donors (Lipinski definition) is 2. The third-order valence-electron chi connectivity index (χ3n) is 2.90. The Bertz CT molecular complexity index is 376. The summed E-state index contributed by atoms with van der Waals surface area (Å²) in [6.07, 6.45) is 3.89. The van der Waals surface area contributed by atoms with Gasteiger partial charge >= 0.3 is 0 Å². The van der Waals surface area contributed by atoms with Crippen LogP contribution in [0.3, 0.4) is 0 Å². The van der Waals surface area contributed by atoms with E-state index in [1.54, 1.807) is 6.20 Å². The average molecular weight is 283 g/mol. The van der Waals surface area contributed by atoms with Crippen LogP contribution in [0.5, 0.6) is 0 Å². The molecule has 1 unspecified atom stereocenters. The Balaban J connectivity index is 2.09. The van der Waals surface area contributed by atoms with Crippen LogP contribution >= 0.6 is 15.9 Å². The van der Waals surface area contributed by atoms with Crippen molar-refractivity contribution in [3.8, 4) is 0 Å². The fraction of sp³-hybridized carbons (Fsp3) is 0.455. The molecule has 0 bridgehead atoms. The molecule has 0 aliphatic carbocycles. The number of pyridine rings is 1. The Morgan fingerprint density at radius 2 is 2.38 bits per heavy atom. The first kappa shape index (κ1) is 11.4. The number of amidine groups is 1. The van der Waals surface area contributed by atoms with Gasteiger partial charge in [-0.25, -0.2) is 4.98 Å². The van der Waals surface area contributed by atoms with Crippen LogP contribution < -0.4 is 10.6 Å². The largest absolute Gasteiger partial charge is 0.387 e. The third kappa shape index (κ3) is 2.52. The van der Waals surface area contributed by atoms with Gasteiger partial charge in [0, 0.05) is 29.7 Å². The number of hydrogen-bond acceptors (Lipinski definition) is 3. The van der Waals surface area contributed by atoms with Crippen molar-refractivity contribution < 1.29 is 0 Å². The number of nitrogens with one attached hydrogen (secondary N) is 1. The molecule has 0 spiro atoms. The van der Waals surface area contributed by atoms with Crippen molar-refractivity contribution >= 4 is 27.6 Å². The first-order chi connectivity index (χ1) is 7.66. The van der Waals surface area contributed by atoms with E-state index in [9.17, 15) is 0 Å². The summed E-state index contributed by atoms with van der Waals surface area (Å²) in [5, 5.41) is 7.50. The molecule has 1 aromatic rings. The topological polar surface area (TPSA) is 66.0 Å². The van der Waals surface area contributed by atoms with Crippen LogP contribution in [0.1, 0.15) is 12.8 Å². The predicted octanol–water partition coefficient (Wildman–Crippen LogP) is 2.00. The van der Waals surface area contributed by atoms with Gasteiger partial charge in [0.05, 0.1) is 5.84 Å². The van der Waals surface area contributed by atoms with E-state index in [1.807, 2.05) is 12.1 Å². The first-order valence-corrected chi connectivity index (χ1v) is 6.16. The molecule has 1 fully saturated rings. The Morgan fingerprint density at radius 1 is 1.56 bits per heavy atom. The summed E-state index contributed by atoms with van der Waals surface area (Å²) >= 11 is 3.37. The highest BCUT2D eigenvalue weighted by Gasteiger charge is 2.22. The van der Waals surface area contributed by atoms with E-state index < -0.39 is 0 Å². The molecule has 3 N–H and O–H groups in total. The molecular formula is C11H15BrN4. The van der Waals surface area contributed by atoms with E-state index in [2.05, 4.69) is 25.8 Å². The Kier molecular flexibility index (Phi) is 3.43. The molecule has 1 saturated heterocycles. The van der Waals surface area contributed by atoms with Crippen molar-refractivity contribution in [1.29, 1.82) is 5.41 Å². The fourth-order valence-corrected chi connectivity index (χ4v) is 2.23. The number of aromatic nitrogens is 1. The Labute approximate surface area is 103 Å². The number of nitrogens with zero attached hydrogens (tertiary/aromatic N) is 2. The lowest BCUT2D eigenvalue weighted by Gasteiger charge is -2.32. The molecule has 5 heteroatoms. The minimum absolute atomic E-state index is 0.180. The second-order valence-corrected chi connectivity index (χ2v) is 4.99. The average Bonchev–Trinajstić information content (AvgIpc) is 2.30. The predicted molar refractivity (Wildman–Crippen MR) is 68.8 cm³/mol. The highest BCUT2D eigenvalue weighted by Crippen LogP contribution is 2.22. The second kappa shape index (κ2) is 4.82. The molecule has 86 valence electrons. The van der Waals surface area contributed by atoms with Gasteiger partial charge in [0.1, 0.15) is 5.82 Å². The number of piperidine rings is 1. The van der Waals surface area contributed by atoms with Gasteiger partial charge in [0.15, 0.2) is 0 Å². The molecule has 0 radical (unpaired) electrons. The summed E-state index contributed by atoms with van der Waals surface area (Å²) < 4.78 is 0.983. The molecular weight excluding hydrogens is 268 g/mol. The number of anilines is 1. The minimum Gasteiger partial charge on any atom is -0.387 e. The molecule has 4 nitrogen and oxygen atoms in total. The molecule has 1 aliphatic rings. The SMILES string of the molecule is N=C(N)C1CCCN(c2ccc(Br)cn2)C1. The summed E-state index contributed by atoms with van der Waals surface area (Å²) in [5.74, 6) is 1.44. The summed E-state index contributed by atoms with van der Waals surface area (Å²) in [4.78, 5) is 6.56. The Hall–Kier alpha value is -1.10. The zero-order valence-electron chi connectivity index (χ0n) is 8.99. The highest BCUT2D eigenvalue weighted by molar-refractivity contribution is 9.10. The molecule has 2 heterocycles. The lowest BCUT2D eigenvalue weighted by Crippen LogP contribution is -2.41. The highest BCUT2D eigenvalue weighted by atomic mass is 79.9. The van der Waals surface area contributed by atoms with Crippen LogP contribution in [0.25, 0.3) is 0 Å². The van der Waals surface area contributed by atoms with Crippen LogP contribution in [0.2, 0.25) is 0 Å². The minimum atomic E-state index is 0.180. The van der Waals surface area contributed by atoms with Gasteiger partial charge in [-0.15, -0.1) is 0 Å². The van der Waals surface area contributed by atoms with Gasteiger partial charge in [-0.3, -0.25) is 5.41 Å². The van der Waals surface area contributed by atoms with Crippen molar-refractivity contribution in [1.82, 2.24) is 4.98 Å². The summed E-state index contributed by atoms with van der Waals surface area (Å²) in [6.45, 7) is 1.81. The summed E-state index contributed by atoms with van der Waals surface area (Å²) in [5.41, 5.74) is 5.56. The maximum Gasteiger partial charge on any atom is 0.128 e. The fourth-order valence-electron chi connectivity index (χ4n) is 1.99. The molecule has 1 aliphatic heterocycles. The zero-order chi connectivity index (χ0) is 11.5. The van der Waals surface area contributed by atoms with Crippen LogP contribution in [0.15, 0.2) is 22.8 Å². The van der Waals surface area contributed by atoms with Gasteiger partial charge in [-0.05, 0) is 40.9 Å². The molecule has 1 atom stereocenters. The number of rotatable bonds is 2. The summed E-state index contributed by atoms with van der Waals surface area (Å²) in [6, 6.07) is 3.98. The smallest absolute Gasteiger partial charge is 0.128 e. The standard InChI is InChI=1S/C11H15BrN4/c12-9-3-4-10(15-6-9)16-5-1-2-8(7-16)11(13)14/h3-4,6,8H,1-2,5,7H2,(H3,13,14). The third-order valence-corrected chi connectivity index (χ3v) is 3.37. The van der Waals surface area contributed by atoms with Crippen molar-refractivity contribution in [3.63, 3.8) is 0 Å². The van der Waals surface area contributed by atoms with Crippen molar-refractivity contribution in [2.24, 2.45) is 11.7 Å². The monoisotopic (exact) mass is 282 g/mol. The van der Waals surface area contributed by atoms with Crippen LogP contribution in [0.4, 0.5) is 5.82 Å². The van der Waals surface area contributed by atoms with Crippen molar-refractivity contribution in [2.45, 2.75) is 12.8 Å². The lowest BCUT2D eigenvalue weighted by atomic mass is 9.97. The maximum absolute atomic E-state index is 7.50. The van der Waals surface area contributed by atoms with Gasteiger partial charge in [-0.1, -0.05) is 0 Å². The van der Waals surface area contributed by atoms with E-state index in [4.69, 9.17) is 11.1 Å². The lowest BCUT2D eigenvalue weighted by molar-refractivity contribution is 0.500. The van der Waals surface area contributed by atoms with Gasteiger partial charge < -0.3 is 10.6 Å². The van der Waals surface area contributed by atoms with Gasteiger partial charge in [0.25, 0.3) is 0 Å². The normalized spacial score (nSPS) is 20.8. The van der Waals surface area contributed by atoms with Crippen LogP contribution in [-0.2, 0) is 0 Å². The summed E-state index contributed by atoms with van der Waals surface area (Å²) in [7, 11) is 0. The van der Waals surface area contributed by atoms with E-state index in [0.717, 1.165) is 36.2 Å². The van der Waals surface area contributed by atoms with E-state index >= 15 is 0 Å². The molecule has 2 rings (SSSR count). The maximum atomic E-state index is 7.50. The van der Waals surface area contributed by atoms with Crippen molar-refractivity contribution in [3.05, 3.63) is 22.8 Å². The molecule has 0 saturated carbocycles. The molecule has 0 amide bonds. The Morgan fingerprint density at radius 3 is 3.00 bits per heavy atom. The molecule has 0 aromatic carbocycles. The second-order valence-electron chi connectivity index (χ2n) is 4.08. The van der Waals surface area contributed by atoms with Crippen molar-refractivity contribution in [2.75, 3.05) is 18.0 Å². The van der Waals surface area contributed by atoms with Crippen LogP contribution in [-0.4, -0.2) is 23.9 Å². The molecule has 1 aromatic heterocycles. The quantitative estimate of drug-likeness (QED) is 0.644. The van der Waals surface area contributed by atoms with Gasteiger partial charge in [-0.2, -0.15) is 0 Å². The zero-order valence-corrected chi connectivity index (χ0v) is 10.6. The van der Waals surface area contributed by atoms with E-state index in [0.29, 0.717) is 5.84 Å². The number of nitrogens with two attached hydrogens (primary N) is 1. The first-order valence-electron chi connectivity index (χ1n) is 5.37. The number of halogens is 1. The molecule has 16 heavy (non-hydrogen) atoms. The van der Waals surface area contributed by atoms with Gasteiger partial charge in [0.2, 0.25) is 0 Å².